The lowest BCUT2D eigenvalue weighted by Gasteiger charge is -2.15. The molecule has 1 aromatic heterocycles. The number of carbonyl (C=O) groups excluding carboxylic acids is 1. The van der Waals surface area contributed by atoms with Gasteiger partial charge in [-0.15, -0.1) is 0 Å². The molecule has 2 aromatic carbocycles. The van der Waals surface area contributed by atoms with Crippen molar-refractivity contribution in [3.8, 4) is 11.5 Å². The molecule has 0 aliphatic carbocycles. The second-order valence-electron chi connectivity index (χ2n) is 7.66. The molecular weight excluding hydrogens is 444 g/mol. The number of hydrogen-bond donors (Lipinski definition) is 1. The first-order valence-corrected chi connectivity index (χ1v) is 11.6. The molecule has 0 radical (unpaired) electrons. The summed E-state index contributed by atoms with van der Waals surface area (Å²) in [6.45, 7) is 4.71. The lowest BCUT2D eigenvalue weighted by atomic mass is 10.2. The molecule has 8 nitrogen and oxygen atoms in total. The number of nitrogens with one attached hydrogen (secondary N) is 1. The van der Waals surface area contributed by atoms with Crippen molar-refractivity contribution in [2.75, 3.05) is 19.5 Å². The van der Waals surface area contributed by atoms with Crippen LogP contribution in [0, 0.1) is 20.8 Å². The zero-order valence-corrected chi connectivity index (χ0v) is 19.9. The van der Waals surface area contributed by atoms with Crippen molar-refractivity contribution < 1.29 is 22.7 Å². The van der Waals surface area contributed by atoms with Gasteiger partial charge in [0.25, 0.3) is 5.56 Å². The molecule has 0 spiro atoms. The van der Waals surface area contributed by atoms with Gasteiger partial charge in [0.1, 0.15) is 22.9 Å². The number of carbonyl (C=O) groups is 1. The molecule has 0 saturated heterocycles. The lowest BCUT2D eigenvalue weighted by Crippen LogP contribution is -2.33. The summed E-state index contributed by atoms with van der Waals surface area (Å²) in [4.78, 5) is 25.7. The average Bonchev–Trinajstić information content (AvgIpc) is 2.76. The Labute approximate surface area is 192 Å². The molecule has 3 rings (SSSR count). The first kappa shape index (κ1) is 24.1. The monoisotopic (exact) mass is 470 g/mol. The Morgan fingerprint density at radius 2 is 1.52 bits per heavy atom. The number of amides is 1. The topological polar surface area (TPSA) is 104 Å². The van der Waals surface area contributed by atoms with E-state index in [2.05, 4.69) is 5.32 Å². The van der Waals surface area contributed by atoms with Crippen LogP contribution in [0.3, 0.4) is 0 Å². The highest BCUT2D eigenvalue weighted by atomic mass is 32.2. The molecule has 0 aliphatic rings. The highest BCUT2D eigenvalue weighted by Crippen LogP contribution is 2.26. The third-order valence-electron chi connectivity index (χ3n) is 5.19. The van der Waals surface area contributed by atoms with Crippen LogP contribution in [0.2, 0.25) is 0 Å². The number of aromatic nitrogens is 1. The second-order valence-corrected chi connectivity index (χ2v) is 9.54. The van der Waals surface area contributed by atoms with Gasteiger partial charge in [-0.3, -0.25) is 9.59 Å². The highest BCUT2D eigenvalue weighted by Gasteiger charge is 2.26. The first-order chi connectivity index (χ1) is 15.6. The van der Waals surface area contributed by atoms with Gasteiger partial charge < -0.3 is 19.4 Å². The van der Waals surface area contributed by atoms with Gasteiger partial charge in [-0.1, -0.05) is 17.7 Å². The van der Waals surface area contributed by atoms with Crippen molar-refractivity contribution in [1.82, 2.24) is 4.57 Å². The SMILES string of the molecule is COc1cc(NC(=O)Cn2c(C)cc(C)c(S(=O)(=O)c3ccc(C)cc3)c2=O)cc(OC)c1. The molecule has 1 amide bonds. The number of sulfone groups is 1. The van der Waals surface area contributed by atoms with E-state index >= 15 is 0 Å². The number of hydrogen-bond acceptors (Lipinski definition) is 6. The first-order valence-electron chi connectivity index (χ1n) is 10.1. The summed E-state index contributed by atoms with van der Waals surface area (Å²) >= 11 is 0. The Hall–Kier alpha value is -3.59. The van der Waals surface area contributed by atoms with Gasteiger partial charge in [-0.05, 0) is 44.5 Å². The van der Waals surface area contributed by atoms with Crippen LogP contribution in [-0.4, -0.2) is 33.1 Å². The van der Waals surface area contributed by atoms with E-state index < -0.39 is 21.3 Å². The number of anilines is 1. The van der Waals surface area contributed by atoms with Crippen molar-refractivity contribution in [2.24, 2.45) is 0 Å². The Bertz CT molecular complexity index is 1340. The van der Waals surface area contributed by atoms with Crippen LogP contribution in [0.5, 0.6) is 11.5 Å². The molecule has 0 fully saturated rings. The van der Waals surface area contributed by atoms with Gasteiger partial charge in [-0.25, -0.2) is 8.42 Å². The summed E-state index contributed by atoms with van der Waals surface area (Å²) in [7, 11) is -1.08. The second kappa shape index (κ2) is 9.50. The molecule has 9 heteroatoms. The number of nitrogens with zero attached hydrogens (tertiary/aromatic N) is 1. The molecule has 0 unspecified atom stereocenters. The summed E-state index contributed by atoms with van der Waals surface area (Å²) in [6, 6.07) is 12.7. The minimum Gasteiger partial charge on any atom is -0.497 e. The van der Waals surface area contributed by atoms with E-state index in [4.69, 9.17) is 9.47 Å². The number of ether oxygens (including phenoxy) is 2. The van der Waals surface area contributed by atoms with Crippen LogP contribution in [-0.2, 0) is 21.2 Å². The summed E-state index contributed by atoms with van der Waals surface area (Å²) in [5.41, 5.74) is 1.37. The molecule has 0 aliphatic heterocycles. The molecule has 3 aromatic rings. The maximum Gasteiger partial charge on any atom is 0.270 e. The smallest absolute Gasteiger partial charge is 0.270 e. The van der Waals surface area contributed by atoms with Gasteiger partial charge in [0.05, 0.1) is 19.1 Å². The fourth-order valence-corrected chi connectivity index (χ4v) is 5.04. The van der Waals surface area contributed by atoms with E-state index in [1.165, 1.54) is 26.4 Å². The minimum absolute atomic E-state index is 0.0247. The Balaban J connectivity index is 1.97. The quantitative estimate of drug-likeness (QED) is 0.569. The zero-order valence-electron chi connectivity index (χ0n) is 19.1. The fourth-order valence-electron chi connectivity index (χ4n) is 3.49. The van der Waals surface area contributed by atoms with Crippen LogP contribution in [0.15, 0.2) is 63.1 Å². The van der Waals surface area contributed by atoms with Gasteiger partial charge >= 0.3 is 0 Å². The van der Waals surface area contributed by atoms with Gasteiger partial charge in [0.2, 0.25) is 15.7 Å². The number of methoxy groups -OCH3 is 2. The molecule has 0 atom stereocenters. The zero-order chi connectivity index (χ0) is 24.3. The number of pyridine rings is 1. The third kappa shape index (κ3) is 5.09. The Kier molecular flexibility index (Phi) is 6.92. The Morgan fingerprint density at radius 1 is 0.939 bits per heavy atom. The average molecular weight is 471 g/mol. The molecule has 0 bridgehead atoms. The van der Waals surface area contributed by atoms with E-state index in [1.807, 2.05) is 6.92 Å². The standard InChI is InChI=1S/C24H26N2O6S/c1-15-6-8-21(9-7-15)33(29,30)23-16(2)10-17(3)26(24(23)28)14-22(27)25-18-11-19(31-4)13-20(12-18)32-5/h6-13H,14H2,1-5H3,(H,25,27). The molecule has 33 heavy (non-hydrogen) atoms. The number of benzene rings is 2. The van der Waals surface area contributed by atoms with Crippen molar-refractivity contribution >= 4 is 21.4 Å². The summed E-state index contributed by atoms with van der Waals surface area (Å²) in [5, 5.41) is 2.70. The van der Waals surface area contributed by atoms with E-state index in [1.54, 1.807) is 50.2 Å². The van der Waals surface area contributed by atoms with E-state index in [0.29, 0.717) is 28.4 Å². The van der Waals surface area contributed by atoms with Crippen molar-refractivity contribution in [3.63, 3.8) is 0 Å². The number of rotatable bonds is 7. The minimum atomic E-state index is -4.07. The molecule has 0 saturated carbocycles. The summed E-state index contributed by atoms with van der Waals surface area (Å²) in [6.07, 6.45) is 0. The largest absolute Gasteiger partial charge is 0.497 e. The van der Waals surface area contributed by atoms with Crippen molar-refractivity contribution in [3.05, 3.63) is 75.7 Å². The van der Waals surface area contributed by atoms with E-state index in [0.717, 1.165) is 10.1 Å². The molecule has 1 heterocycles. The molecule has 174 valence electrons. The molecular formula is C24H26N2O6S. The van der Waals surface area contributed by atoms with Crippen molar-refractivity contribution in [1.29, 1.82) is 0 Å². The van der Waals surface area contributed by atoms with Gasteiger partial charge in [0, 0.05) is 29.6 Å². The van der Waals surface area contributed by atoms with Gasteiger partial charge in [-0.2, -0.15) is 0 Å². The van der Waals surface area contributed by atoms with Gasteiger partial charge in [0.15, 0.2) is 0 Å². The normalized spacial score (nSPS) is 11.2. The van der Waals surface area contributed by atoms with Crippen molar-refractivity contribution in [2.45, 2.75) is 37.1 Å². The van der Waals surface area contributed by atoms with E-state index in [9.17, 15) is 18.0 Å². The van der Waals surface area contributed by atoms with Crippen LogP contribution in [0.4, 0.5) is 5.69 Å². The maximum absolute atomic E-state index is 13.3. The molecule has 1 N–H and O–H groups in total. The van der Waals surface area contributed by atoms with Crippen LogP contribution in [0.25, 0.3) is 0 Å². The maximum atomic E-state index is 13.3. The fraction of sp³-hybridized carbons (Fsp3) is 0.250. The predicted octanol–water partition coefficient (Wildman–Crippen LogP) is 3.26. The highest BCUT2D eigenvalue weighted by molar-refractivity contribution is 7.91. The summed E-state index contributed by atoms with van der Waals surface area (Å²) < 4.78 is 38.0. The number of aryl methyl sites for hydroxylation is 3. The van der Waals surface area contributed by atoms with Crippen LogP contribution < -0.4 is 20.3 Å². The van der Waals surface area contributed by atoms with Crippen LogP contribution >= 0.6 is 0 Å². The predicted molar refractivity (Wildman–Crippen MR) is 125 cm³/mol. The third-order valence-corrected chi connectivity index (χ3v) is 7.11. The van der Waals surface area contributed by atoms with Crippen LogP contribution in [0.1, 0.15) is 16.8 Å². The van der Waals surface area contributed by atoms with E-state index in [-0.39, 0.29) is 16.3 Å². The lowest BCUT2D eigenvalue weighted by molar-refractivity contribution is -0.116. The Morgan fingerprint density at radius 3 is 2.06 bits per heavy atom. The summed E-state index contributed by atoms with van der Waals surface area (Å²) in [5.74, 6) is 0.470.